The number of halogens is 1. The Bertz CT molecular complexity index is 499. The molecule has 0 radical (unpaired) electrons. The summed E-state index contributed by atoms with van der Waals surface area (Å²) in [6, 6.07) is 4.25. The number of hydrogen-bond donors (Lipinski definition) is 0. The molecule has 1 aromatic carbocycles. The molecular weight excluding hydrogens is 318 g/mol. The Morgan fingerprint density at radius 1 is 1.58 bits per heavy atom. The third kappa shape index (κ3) is 3.30. The number of carbonyl (C=O) groups excluding carboxylic acids is 1. The Labute approximate surface area is 118 Å². The van der Waals surface area contributed by atoms with Crippen molar-refractivity contribution in [1.82, 2.24) is 0 Å². The van der Waals surface area contributed by atoms with Crippen molar-refractivity contribution in [1.29, 1.82) is 0 Å². The van der Waals surface area contributed by atoms with Crippen LogP contribution in [0.3, 0.4) is 0 Å². The zero-order chi connectivity index (χ0) is 13.8. The van der Waals surface area contributed by atoms with E-state index in [9.17, 15) is 14.9 Å². The summed E-state index contributed by atoms with van der Waals surface area (Å²) in [7, 11) is 0. The van der Waals surface area contributed by atoms with Gasteiger partial charge in [0.05, 0.1) is 16.6 Å². The molecule has 0 amide bonds. The summed E-state index contributed by atoms with van der Waals surface area (Å²) in [5.41, 5.74) is -0.0150. The zero-order valence-electron chi connectivity index (χ0n) is 10.0. The van der Waals surface area contributed by atoms with Gasteiger partial charge < -0.3 is 9.47 Å². The second kappa shape index (κ2) is 6.12. The summed E-state index contributed by atoms with van der Waals surface area (Å²) in [5.74, 6) is -0.592. The van der Waals surface area contributed by atoms with Crippen LogP contribution in [0, 0.1) is 10.1 Å². The van der Waals surface area contributed by atoms with Crippen molar-refractivity contribution in [3.63, 3.8) is 0 Å². The maximum absolute atomic E-state index is 11.9. The standard InChI is InChI=1S/C12H12BrNO5/c13-11-9(4-1-5-10(11)14(16)17)12(15)19-7-8-3-2-6-18-8/h1,4-5,8H,2-3,6-7H2. The lowest BCUT2D eigenvalue weighted by Crippen LogP contribution is -2.18. The van der Waals surface area contributed by atoms with Crippen molar-refractivity contribution < 1.29 is 19.2 Å². The van der Waals surface area contributed by atoms with Gasteiger partial charge in [0.2, 0.25) is 0 Å². The average molecular weight is 330 g/mol. The minimum Gasteiger partial charge on any atom is -0.459 e. The summed E-state index contributed by atoms with van der Waals surface area (Å²) >= 11 is 3.06. The quantitative estimate of drug-likeness (QED) is 0.482. The van der Waals surface area contributed by atoms with Crippen molar-refractivity contribution in [3.05, 3.63) is 38.3 Å². The highest BCUT2D eigenvalue weighted by molar-refractivity contribution is 9.10. The highest BCUT2D eigenvalue weighted by Gasteiger charge is 2.22. The molecule has 1 aliphatic heterocycles. The number of hydrogen-bond acceptors (Lipinski definition) is 5. The van der Waals surface area contributed by atoms with Crippen LogP contribution in [0.4, 0.5) is 5.69 Å². The Hall–Kier alpha value is -1.47. The maximum Gasteiger partial charge on any atom is 0.339 e. The molecule has 0 saturated carbocycles. The van der Waals surface area contributed by atoms with Gasteiger partial charge in [0.15, 0.2) is 0 Å². The minimum atomic E-state index is -0.592. The molecule has 19 heavy (non-hydrogen) atoms. The van der Waals surface area contributed by atoms with Crippen LogP contribution in [-0.4, -0.2) is 30.2 Å². The molecule has 0 N–H and O–H groups in total. The van der Waals surface area contributed by atoms with Gasteiger partial charge in [-0.25, -0.2) is 4.79 Å². The van der Waals surface area contributed by atoms with Crippen LogP contribution in [0.15, 0.2) is 22.7 Å². The molecular formula is C12H12BrNO5. The summed E-state index contributed by atoms with van der Waals surface area (Å²) in [6.45, 7) is 0.858. The molecule has 1 aromatic rings. The zero-order valence-corrected chi connectivity index (χ0v) is 11.6. The van der Waals surface area contributed by atoms with E-state index in [0.717, 1.165) is 12.8 Å². The van der Waals surface area contributed by atoms with Gasteiger partial charge in [-0.15, -0.1) is 0 Å². The lowest BCUT2D eigenvalue weighted by Gasteiger charge is -2.10. The first-order chi connectivity index (χ1) is 9.09. The number of nitrogens with zero attached hydrogens (tertiary/aromatic N) is 1. The van der Waals surface area contributed by atoms with Crippen molar-refractivity contribution in [2.24, 2.45) is 0 Å². The summed E-state index contributed by atoms with van der Waals surface area (Å²) in [5, 5.41) is 10.8. The second-order valence-electron chi connectivity index (χ2n) is 4.13. The fraction of sp³-hybridized carbons (Fsp3) is 0.417. The fourth-order valence-corrected chi connectivity index (χ4v) is 2.41. The van der Waals surface area contributed by atoms with Crippen LogP contribution in [0.5, 0.6) is 0 Å². The van der Waals surface area contributed by atoms with Crippen molar-refractivity contribution in [3.8, 4) is 0 Å². The van der Waals surface area contributed by atoms with Gasteiger partial charge in [0.25, 0.3) is 5.69 Å². The van der Waals surface area contributed by atoms with E-state index < -0.39 is 10.9 Å². The molecule has 1 aliphatic rings. The van der Waals surface area contributed by atoms with Crippen molar-refractivity contribution in [2.75, 3.05) is 13.2 Å². The van der Waals surface area contributed by atoms with E-state index in [4.69, 9.17) is 9.47 Å². The van der Waals surface area contributed by atoms with Gasteiger partial charge in [-0.05, 0) is 34.8 Å². The van der Waals surface area contributed by atoms with E-state index in [2.05, 4.69) is 15.9 Å². The monoisotopic (exact) mass is 329 g/mol. The highest BCUT2D eigenvalue weighted by Crippen LogP contribution is 2.28. The normalized spacial score (nSPS) is 18.3. The molecule has 1 fully saturated rings. The van der Waals surface area contributed by atoms with Crippen LogP contribution < -0.4 is 0 Å². The maximum atomic E-state index is 11.9. The number of benzene rings is 1. The molecule has 0 aliphatic carbocycles. The van der Waals surface area contributed by atoms with E-state index in [1.54, 1.807) is 0 Å². The van der Waals surface area contributed by atoms with Crippen LogP contribution in [-0.2, 0) is 9.47 Å². The Balaban J connectivity index is 2.06. The number of rotatable bonds is 4. The van der Waals surface area contributed by atoms with E-state index in [1.807, 2.05) is 0 Å². The van der Waals surface area contributed by atoms with Gasteiger partial charge in [-0.2, -0.15) is 0 Å². The molecule has 1 saturated heterocycles. The Morgan fingerprint density at radius 2 is 2.37 bits per heavy atom. The smallest absolute Gasteiger partial charge is 0.339 e. The third-order valence-corrected chi connectivity index (χ3v) is 3.65. The molecule has 7 heteroatoms. The number of nitro groups is 1. The number of esters is 1. The van der Waals surface area contributed by atoms with Crippen molar-refractivity contribution >= 4 is 27.6 Å². The van der Waals surface area contributed by atoms with Crippen LogP contribution in [0.2, 0.25) is 0 Å². The number of nitro benzene ring substituents is 1. The first kappa shape index (κ1) is 14.0. The van der Waals surface area contributed by atoms with E-state index in [-0.39, 0.29) is 28.4 Å². The third-order valence-electron chi connectivity index (χ3n) is 2.82. The molecule has 1 heterocycles. The van der Waals surface area contributed by atoms with E-state index in [0.29, 0.717) is 6.61 Å². The molecule has 0 spiro atoms. The summed E-state index contributed by atoms with van der Waals surface area (Å²) in [4.78, 5) is 22.1. The molecule has 1 atom stereocenters. The minimum absolute atomic E-state index is 0.0681. The highest BCUT2D eigenvalue weighted by atomic mass is 79.9. The van der Waals surface area contributed by atoms with E-state index in [1.165, 1.54) is 18.2 Å². The topological polar surface area (TPSA) is 78.7 Å². The van der Waals surface area contributed by atoms with Gasteiger partial charge in [-0.3, -0.25) is 10.1 Å². The first-order valence-corrected chi connectivity index (χ1v) is 6.60. The largest absolute Gasteiger partial charge is 0.459 e. The first-order valence-electron chi connectivity index (χ1n) is 5.81. The molecule has 0 bridgehead atoms. The predicted octanol–water partition coefficient (Wildman–Crippen LogP) is 2.69. The summed E-state index contributed by atoms with van der Waals surface area (Å²) < 4.78 is 10.6. The lowest BCUT2D eigenvalue weighted by atomic mass is 10.2. The van der Waals surface area contributed by atoms with Gasteiger partial charge in [0, 0.05) is 12.7 Å². The van der Waals surface area contributed by atoms with Gasteiger partial charge >= 0.3 is 5.97 Å². The lowest BCUT2D eigenvalue weighted by molar-refractivity contribution is -0.385. The Morgan fingerprint density at radius 3 is 3.00 bits per heavy atom. The molecule has 6 nitrogen and oxygen atoms in total. The summed E-state index contributed by atoms with van der Waals surface area (Å²) in [6.07, 6.45) is 1.76. The SMILES string of the molecule is O=C(OCC1CCCO1)c1cccc([N+](=O)[O-])c1Br. The number of ether oxygens (including phenoxy) is 2. The van der Waals surface area contributed by atoms with E-state index >= 15 is 0 Å². The molecule has 102 valence electrons. The second-order valence-corrected chi connectivity index (χ2v) is 4.92. The predicted molar refractivity (Wildman–Crippen MR) is 70.1 cm³/mol. The molecule has 0 aromatic heterocycles. The van der Waals surface area contributed by atoms with Gasteiger partial charge in [0.1, 0.15) is 11.1 Å². The number of carbonyl (C=O) groups is 1. The van der Waals surface area contributed by atoms with Crippen LogP contribution in [0.25, 0.3) is 0 Å². The van der Waals surface area contributed by atoms with Crippen LogP contribution in [0.1, 0.15) is 23.2 Å². The van der Waals surface area contributed by atoms with Crippen molar-refractivity contribution in [2.45, 2.75) is 18.9 Å². The Kier molecular flexibility index (Phi) is 4.49. The van der Waals surface area contributed by atoms with Crippen LogP contribution >= 0.6 is 15.9 Å². The van der Waals surface area contributed by atoms with Gasteiger partial charge in [-0.1, -0.05) is 6.07 Å². The molecule has 2 rings (SSSR count). The molecule has 1 unspecified atom stereocenters. The average Bonchev–Trinajstić information content (AvgIpc) is 2.89. The fourth-order valence-electron chi connectivity index (χ4n) is 1.84.